The van der Waals surface area contributed by atoms with E-state index in [1.54, 1.807) is 0 Å². The van der Waals surface area contributed by atoms with Gasteiger partial charge in [-0.15, -0.1) is 0 Å². The summed E-state index contributed by atoms with van der Waals surface area (Å²) in [6.45, 7) is 3.62. The van der Waals surface area contributed by atoms with Crippen molar-refractivity contribution in [1.29, 1.82) is 0 Å². The standard InChI is InChI=1S/C15H19NO3/c17-15(18)12-3-6-16(7-4-12)10-11-1-2-14-13(9-11)5-8-19-14/h1-2,9,12H,3-8,10H2,(H,17,18). The lowest BCUT2D eigenvalue weighted by Crippen LogP contribution is -3.11. The van der Waals surface area contributed by atoms with E-state index in [4.69, 9.17) is 4.74 Å². The van der Waals surface area contributed by atoms with E-state index < -0.39 is 5.97 Å². The highest BCUT2D eigenvalue weighted by atomic mass is 16.5. The number of benzene rings is 1. The molecule has 4 heteroatoms. The average Bonchev–Trinajstić information content (AvgIpc) is 2.87. The monoisotopic (exact) mass is 261 g/mol. The lowest BCUT2D eigenvalue weighted by molar-refractivity contribution is -0.919. The van der Waals surface area contributed by atoms with Crippen LogP contribution < -0.4 is 14.7 Å². The summed E-state index contributed by atoms with van der Waals surface area (Å²) in [7, 11) is 0. The van der Waals surface area contributed by atoms with Crippen molar-refractivity contribution in [3.8, 4) is 5.75 Å². The Kier molecular flexibility index (Phi) is 3.42. The molecule has 0 amide bonds. The molecule has 0 aromatic heterocycles. The average molecular weight is 261 g/mol. The molecule has 19 heavy (non-hydrogen) atoms. The molecule has 0 aliphatic carbocycles. The van der Waals surface area contributed by atoms with E-state index in [1.807, 2.05) is 0 Å². The van der Waals surface area contributed by atoms with Gasteiger partial charge in [-0.3, -0.25) is 0 Å². The van der Waals surface area contributed by atoms with Crippen LogP contribution in [0.3, 0.4) is 0 Å². The summed E-state index contributed by atoms with van der Waals surface area (Å²) in [5.74, 6) is -0.0969. The molecule has 1 aromatic rings. The summed E-state index contributed by atoms with van der Waals surface area (Å²) < 4.78 is 5.50. The minimum absolute atomic E-state index is 0.239. The van der Waals surface area contributed by atoms with Crippen LogP contribution in [-0.4, -0.2) is 25.7 Å². The Morgan fingerprint density at radius 1 is 1.37 bits per heavy atom. The predicted octanol–water partition coefficient (Wildman–Crippen LogP) is -0.834. The number of carbonyl (C=O) groups is 1. The Morgan fingerprint density at radius 2 is 2.16 bits per heavy atom. The quantitative estimate of drug-likeness (QED) is 0.772. The van der Waals surface area contributed by atoms with E-state index in [1.165, 1.54) is 16.0 Å². The molecule has 0 saturated carbocycles. The number of quaternary nitrogens is 1. The maximum atomic E-state index is 10.8. The van der Waals surface area contributed by atoms with Gasteiger partial charge in [-0.05, 0) is 23.8 Å². The van der Waals surface area contributed by atoms with Crippen LogP contribution >= 0.6 is 0 Å². The van der Waals surface area contributed by atoms with Crippen LogP contribution in [0.25, 0.3) is 0 Å². The smallest absolute Gasteiger partial charge is 0.122 e. The highest BCUT2D eigenvalue weighted by molar-refractivity contribution is 5.67. The lowest BCUT2D eigenvalue weighted by atomic mass is 9.96. The van der Waals surface area contributed by atoms with Gasteiger partial charge in [-0.2, -0.15) is 0 Å². The van der Waals surface area contributed by atoms with Crippen molar-refractivity contribution in [1.82, 2.24) is 0 Å². The largest absolute Gasteiger partial charge is 0.550 e. The molecule has 1 N–H and O–H groups in total. The van der Waals surface area contributed by atoms with Gasteiger partial charge in [0.2, 0.25) is 0 Å². The fourth-order valence-corrected chi connectivity index (χ4v) is 3.08. The number of carboxylic acid groups (broad SMARTS) is 1. The highest BCUT2D eigenvalue weighted by Gasteiger charge is 2.23. The molecule has 0 bridgehead atoms. The normalized spacial score (nSPS) is 25.7. The molecule has 2 aliphatic heterocycles. The zero-order valence-electron chi connectivity index (χ0n) is 11.0. The summed E-state index contributed by atoms with van der Waals surface area (Å²) in [4.78, 5) is 12.3. The molecule has 2 heterocycles. The number of fused-ring (bicyclic) bond motifs is 1. The summed E-state index contributed by atoms with van der Waals surface area (Å²) in [6, 6.07) is 6.42. The van der Waals surface area contributed by atoms with Crippen molar-refractivity contribution in [2.24, 2.45) is 5.92 Å². The van der Waals surface area contributed by atoms with Crippen molar-refractivity contribution in [2.75, 3.05) is 19.7 Å². The van der Waals surface area contributed by atoms with Crippen LogP contribution in [0.15, 0.2) is 18.2 Å². The molecule has 1 saturated heterocycles. The maximum absolute atomic E-state index is 10.8. The number of hydrogen-bond acceptors (Lipinski definition) is 3. The van der Waals surface area contributed by atoms with Crippen molar-refractivity contribution < 1.29 is 19.5 Å². The molecule has 0 spiro atoms. The van der Waals surface area contributed by atoms with Crippen LogP contribution in [0.5, 0.6) is 5.75 Å². The van der Waals surface area contributed by atoms with Gasteiger partial charge in [-0.25, -0.2) is 0 Å². The van der Waals surface area contributed by atoms with Gasteiger partial charge in [0.25, 0.3) is 0 Å². The van der Waals surface area contributed by atoms with Gasteiger partial charge >= 0.3 is 0 Å². The molecule has 3 rings (SSSR count). The summed E-state index contributed by atoms with van der Waals surface area (Å²) in [6.07, 6.45) is 2.49. The number of piperidine rings is 1. The second kappa shape index (κ2) is 5.21. The van der Waals surface area contributed by atoms with E-state index in [-0.39, 0.29) is 5.92 Å². The Morgan fingerprint density at radius 3 is 2.89 bits per heavy atom. The first-order chi connectivity index (χ1) is 9.22. The minimum atomic E-state index is -0.881. The van der Waals surface area contributed by atoms with Crippen LogP contribution in [-0.2, 0) is 17.8 Å². The number of ether oxygens (including phenoxy) is 1. The zero-order valence-corrected chi connectivity index (χ0v) is 11.0. The number of carbonyl (C=O) groups excluding carboxylic acids is 1. The first-order valence-corrected chi connectivity index (χ1v) is 7.01. The fourth-order valence-electron chi connectivity index (χ4n) is 3.08. The van der Waals surface area contributed by atoms with Crippen molar-refractivity contribution >= 4 is 5.97 Å². The van der Waals surface area contributed by atoms with Crippen LogP contribution in [0.2, 0.25) is 0 Å². The SMILES string of the molecule is O=C([O-])C1CC[NH+](Cc2ccc3c(c2)CCO3)CC1. The van der Waals surface area contributed by atoms with Crippen LogP contribution in [0.1, 0.15) is 24.0 Å². The van der Waals surface area contributed by atoms with Gasteiger partial charge in [0, 0.05) is 36.7 Å². The van der Waals surface area contributed by atoms with Gasteiger partial charge in [0.1, 0.15) is 12.3 Å². The molecule has 1 aromatic carbocycles. The topological polar surface area (TPSA) is 53.8 Å². The molecule has 102 valence electrons. The first kappa shape index (κ1) is 12.5. The Labute approximate surface area is 113 Å². The second-order valence-electron chi connectivity index (χ2n) is 5.56. The fraction of sp³-hybridized carbons (Fsp3) is 0.533. The highest BCUT2D eigenvalue weighted by Crippen LogP contribution is 2.25. The lowest BCUT2D eigenvalue weighted by Gasteiger charge is -2.29. The molecular weight excluding hydrogens is 242 g/mol. The number of hydrogen-bond donors (Lipinski definition) is 1. The zero-order chi connectivity index (χ0) is 13.2. The molecular formula is C15H19NO3. The van der Waals surface area contributed by atoms with Gasteiger partial charge in [0.05, 0.1) is 19.7 Å². The van der Waals surface area contributed by atoms with E-state index in [9.17, 15) is 9.90 Å². The summed E-state index contributed by atoms with van der Waals surface area (Å²) in [5, 5.41) is 10.8. The molecule has 0 radical (unpaired) electrons. The molecule has 1 fully saturated rings. The summed E-state index contributed by atoms with van der Waals surface area (Å²) >= 11 is 0. The van der Waals surface area contributed by atoms with Crippen molar-refractivity contribution in [2.45, 2.75) is 25.8 Å². The third kappa shape index (κ3) is 2.73. The van der Waals surface area contributed by atoms with Crippen molar-refractivity contribution in [3.05, 3.63) is 29.3 Å². The number of nitrogens with one attached hydrogen (secondary N) is 1. The van der Waals surface area contributed by atoms with Crippen LogP contribution in [0.4, 0.5) is 0 Å². The second-order valence-corrected chi connectivity index (χ2v) is 5.56. The Bertz CT molecular complexity index is 478. The van der Waals surface area contributed by atoms with E-state index in [0.717, 1.165) is 51.3 Å². The molecule has 0 unspecified atom stereocenters. The molecule has 0 atom stereocenters. The Hall–Kier alpha value is -1.55. The molecule has 2 aliphatic rings. The van der Waals surface area contributed by atoms with E-state index in [2.05, 4.69) is 18.2 Å². The number of rotatable bonds is 3. The third-order valence-electron chi connectivity index (χ3n) is 4.23. The van der Waals surface area contributed by atoms with Crippen LogP contribution in [0, 0.1) is 5.92 Å². The van der Waals surface area contributed by atoms with Gasteiger partial charge in [-0.1, -0.05) is 0 Å². The number of aliphatic carboxylic acids is 1. The minimum Gasteiger partial charge on any atom is -0.550 e. The van der Waals surface area contributed by atoms with Crippen molar-refractivity contribution in [3.63, 3.8) is 0 Å². The number of likely N-dealkylation sites (tertiary alicyclic amines) is 1. The maximum Gasteiger partial charge on any atom is 0.122 e. The van der Waals surface area contributed by atoms with E-state index in [0.29, 0.717) is 0 Å². The van der Waals surface area contributed by atoms with E-state index >= 15 is 0 Å². The Balaban J connectivity index is 1.59. The summed E-state index contributed by atoms with van der Waals surface area (Å²) in [5.41, 5.74) is 2.63. The first-order valence-electron chi connectivity index (χ1n) is 7.01. The third-order valence-corrected chi connectivity index (χ3v) is 4.23. The molecule has 4 nitrogen and oxygen atoms in total. The van der Waals surface area contributed by atoms with Gasteiger partial charge < -0.3 is 19.5 Å². The van der Waals surface area contributed by atoms with Gasteiger partial charge in [0.15, 0.2) is 0 Å². The predicted molar refractivity (Wildman–Crippen MR) is 67.8 cm³/mol. The number of carboxylic acids is 1.